The molecule has 1 unspecified atom stereocenters. The number of amides is 1. The van der Waals surface area contributed by atoms with Gasteiger partial charge in [0.1, 0.15) is 5.75 Å². The molecule has 0 aromatic heterocycles. The Balaban J connectivity index is 2.89. The van der Waals surface area contributed by atoms with E-state index in [4.69, 9.17) is 9.84 Å². The molecule has 0 aliphatic heterocycles. The molecule has 19 heavy (non-hydrogen) atoms. The topological polar surface area (TPSA) is 49.8 Å². The summed E-state index contributed by atoms with van der Waals surface area (Å²) < 4.78 is 5.16. The van der Waals surface area contributed by atoms with Gasteiger partial charge in [-0.25, -0.2) is 0 Å². The Labute approximate surface area is 114 Å². The second-order valence-electron chi connectivity index (χ2n) is 4.54. The summed E-state index contributed by atoms with van der Waals surface area (Å²) >= 11 is 0. The minimum atomic E-state index is -0.193. The van der Waals surface area contributed by atoms with Gasteiger partial charge in [-0.3, -0.25) is 4.79 Å². The van der Waals surface area contributed by atoms with Crippen LogP contribution in [0.3, 0.4) is 0 Å². The number of hydrogen-bond donors (Lipinski definition) is 1. The van der Waals surface area contributed by atoms with Gasteiger partial charge >= 0.3 is 0 Å². The molecule has 1 aromatic carbocycles. The van der Waals surface area contributed by atoms with Crippen molar-refractivity contribution in [1.82, 2.24) is 4.90 Å². The third-order valence-corrected chi connectivity index (χ3v) is 3.14. The molecule has 1 atom stereocenters. The number of aliphatic hydroxyl groups excluding tert-OH is 1. The molecule has 1 aromatic rings. The molecule has 0 spiro atoms. The van der Waals surface area contributed by atoms with Crippen LogP contribution in [0.4, 0.5) is 0 Å². The summed E-state index contributed by atoms with van der Waals surface area (Å²) in [6, 6.07) is 7.36. The summed E-state index contributed by atoms with van der Waals surface area (Å²) in [5.41, 5.74) is 1.80. The van der Waals surface area contributed by atoms with Crippen molar-refractivity contribution in [1.29, 1.82) is 0 Å². The summed E-state index contributed by atoms with van der Waals surface area (Å²) in [5.74, 6) is 0.636. The molecule has 1 rings (SSSR count). The summed E-state index contributed by atoms with van der Waals surface area (Å²) in [6.45, 7) is 3.63. The van der Waals surface area contributed by atoms with Crippen LogP contribution in [0.15, 0.2) is 30.3 Å². The Morgan fingerprint density at radius 1 is 1.53 bits per heavy atom. The highest BCUT2D eigenvalue weighted by atomic mass is 16.5. The minimum absolute atomic E-state index is 0.0473. The molecular weight excluding hydrogens is 242 g/mol. The van der Waals surface area contributed by atoms with E-state index in [9.17, 15) is 4.79 Å². The van der Waals surface area contributed by atoms with Crippen LogP contribution in [-0.2, 0) is 4.79 Å². The van der Waals surface area contributed by atoms with Crippen LogP contribution >= 0.6 is 0 Å². The van der Waals surface area contributed by atoms with Crippen LogP contribution in [0.1, 0.15) is 19.4 Å². The number of likely N-dealkylation sites (N-methyl/N-ethyl adjacent to an activating group) is 1. The predicted molar refractivity (Wildman–Crippen MR) is 76.0 cm³/mol. The van der Waals surface area contributed by atoms with E-state index in [-0.39, 0.29) is 18.6 Å². The normalized spacial score (nSPS) is 13.0. The Hall–Kier alpha value is -1.81. The highest BCUT2D eigenvalue weighted by Crippen LogP contribution is 2.19. The van der Waals surface area contributed by atoms with E-state index in [1.165, 1.54) is 4.90 Å². The highest BCUT2D eigenvalue weighted by molar-refractivity contribution is 5.94. The van der Waals surface area contributed by atoms with Crippen molar-refractivity contribution in [3.8, 4) is 5.75 Å². The molecule has 0 heterocycles. The molecule has 0 bridgehead atoms. The lowest BCUT2D eigenvalue weighted by molar-refractivity contribution is -0.127. The number of carbonyl (C=O) groups is 1. The first-order valence-corrected chi connectivity index (χ1v) is 6.20. The lowest BCUT2D eigenvalue weighted by Gasteiger charge is -2.21. The maximum absolute atomic E-state index is 12.0. The second kappa shape index (κ2) is 6.95. The zero-order chi connectivity index (χ0) is 14.4. The first-order chi connectivity index (χ1) is 8.99. The number of benzene rings is 1. The summed E-state index contributed by atoms with van der Waals surface area (Å²) in [5, 5.41) is 9.04. The zero-order valence-corrected chi connectivity index (χ0v) is 11.9. The van der Waals surface area contributed by atoms with Gasteiger partial charge in [0, 0.05) is 13.1 Å². The van der Waals surface area contributed by atoms with Gasteiger partial charge < -0.3 is 14.7 Å². The van der Waals surface area contributed by atoms with Crippen LogP contribution in [0, 0.1) is 0 Å². The number of rotatable bonds is 5. The SMILES string of the molecule is COc1cccc(/C(C)=C/C(=O)N(C)C(C)CO)c1. The first-order valence-electron chi connectivity index (χ1n) is 6.20. The maximum atomic E-state index is 12.0. The lowest BCUT2D eigenvalue weighted by atomic mass is 10.1. The first kappa shape index (κ1) is 15.2. The van der Waals surface area contributed by atoms with E-state index >= 15 is 0 Å². The largest absolute Gasteiger partial charge is 0.497 e. The molecule has 0 aliphatic rings. The Bertz CT molecular complexity index is 468. The molecule has 0 saturated carbocycles. The van der Waals surface area contributed by atoms with Crippen LogP contribution in [0.25, 0.3) is 5.57 Å². The average Bonchev–Trinajstić information content (AvgIpc) is 2.45. The van der Waals surface area contributed by atoms with E-state index < -0.39 is 0 Å². The molecule has 4 heteroatoms. The highest BCUT2D eigenvalue weighted by Gasteiger charge is 2.13. The quantitative estimate of drug-likeness (QED) is 0.826. The minimum Gasteiger partial charge on any atom is -0.497 e. The maximum Gasteiger partial charge on any atom is 0.246 e. The van der Waals surface area contributed by atoms with E-state index in [1.807, 2.05) is 31.2 Å². The van der Waals surface area contributed by atoms with Crippen molar-refractivity contribution in [2.45, 2.75) is 19.9 Å². The summed E-state index contributed by atoms with van der Waals surface area (Å²) in [7, 11) is 3.29. The standard InChI is InChI=1S/C15H21NO3/c1-11(8-15(18)16(3)12(2)10-17)13-6-5-7-14(9-13)19-4/h5-9,12,17H,10H2,1-4H3/b11-8+. The Morgan fingerprint density at radius 2 is 2.21 bits per heavy atom. The van der Waals surface area contributed by atoms with Crippen LogP contribution < -0.4 is 4.74 Å². The van der Waals surface area contributed by atoms with Gasteiger partial charge in [-0.1, -0.05) is 12.1 Å². The number of carbonyl (C=O) groups excluding carboxylic acids is 1. The smallest absolute Gasteiger partial charge is 0.246 e. The van der Waals surface area contributed by atoms with Crippen molar-refractivity contribution < 1.29 is 14.6 Å². The Morgan fingerprint density at radius 3 is 2.79 bits per heavy atom. The molecule has 0 fully saturated rings. The molecule has 4 nitrogen and oxygen atoms in total. The number of allylic oxidation sites excluding steroid dienone is 1. The molecule has 104 valence electrons. The number of hydrogen-bond acceptors (Lipinski definition) is 3. The summed E-state index contributed by atoms with van der Waals surface area (Å²) in [6.07, 6.45) is 1.57. The van der Waals surface area contributed by atoms with Gasteiger partial charge in [0.2, 0.25) is 5.91 Å². The molecular formula is C15H21NO3. The lowest BCUT2D eigenvalue weighted by Crippen LogP contribution is -2.36. The van der Waals surface area contributed by atoms with Gasteiger partial charge in [-0.05, 0) is 37.1 Å². The molecule has 0 aliphatic carbocycles. The number of ether oxygens (including phenoxy) is 1. The molecule has 1 amide bonds. The van der Waals surface area contributed by atoms with Crippen molar-refractivity contribution >= 4 is 11.5 Å². The van der Waals surface area contributed by atoms with Crippen molar-refractivity contribution in [2.75, 3.05) is 20.8 Å². The summed E-state index contributed by atoms with van der Waals surface area (Å²) in [4.78, 5) is 13.5. The van der Waals surface area contributed by atoms with Crippen molar-refractivity contribution in [3.05, 3.63) is 35.9 Å². The fourth-order valence-electron chi connectivity index (χ4n) is 1.58. The van der Waals surface area contributed by atoms with Gasteiger partial charge in [-0.2, -0.15) is 0 Å². The van der Waals surface area contributed by atoms with Gasteiger partial charge in [-0.15, -0.1) is 0 Å². The number of nitrogens with zero attached hydrogens (tertiary/aromatic N) is 1. The Kier molecular flexibility index (Phi) is 5.57. The monoisotopic (exact) mass is 263 g/mol. The number of methoxy groups -OCH3 is 1. The van der Waals surface area contributed by atoms with Gasteiger partial charge in [0.25, 0.3) is 0 Å². The van der Waals surface area contributed by atoms with E-state index in [0.717, 1.165) is 16.9 Å². The van der Waals surface area contributed by atoms with Crippen LogP contribution in [0.5, 0.6) is 5.75 Å². The van der Waals surface area contributed by atoms with Crippen LogP contribution in [0.2, 0.25) is 0 Å². The fourth-order valence-corrected chi connectivity index (χ4v) is 1.58. The van der Waals surface area contributed by atoms with Gasteiger partial charge in [0.15, 0.2) is 0 Å². The molecule has 1 N–H and O–H groups in total. The molecule has 0 radical (unpaired) electrons. The van der Waals surface area contributed by atoms with Gasteiger partial charge in [0.05, 0.1) is 19.8 Å². The van der Waals surface area contributed by atoms with Crippen molar-refractivity contribution in [2.24, 2.45) is 0 Å². The van der Waals surface area contributed by atoms with Crippen molar-refractivity contribution in [3.63, 3.8) is 0 Å². The third-order valence-electron chi connectivity index (χ3n) is 3.14. The van der Waals surface area contributed by atoms with E-state index in [0.29, 0.717) is 0 Å². The average molecular weight is 263 g/mol. The fraction of sp³-hybridized carbons (Fsp3) is 0.400. The predicted octanol–water partition coefficient (Wildman–Crippen LogP) is 1.94. The molecule has 0 saturated heterocycles. The number of aliphatic hydroxyl groups is 1. The second-order valence-corrected chi connectivity index (χ2v) is 4.54. The third kappa shape index (κ3) is 4.10. The van der Waals surface area contributed by atoms with E-state index in [2.05, 4.69) is 0 Å². The van der Waals surface area contributed by atoms with Crippen LogP contribution in [-0.4, -0.2) is 42.7 Å². The zero-order valence-electron chi connectivity index (χ0n) is 11.9. The van der Waals surface area contributed by atoms with E-state index in [1.54, 1.807) is 27.2 Å².